The van der Waals surface area contributed by atoms with Gasteiger partial charge >= 0.3 is 0 Å². The normalized spacial score (nSPS) is 19.5. The van der Waals surface area contributed by atoms with Gasteiger partial charge in [-0.15, -0.1) is 0 Å². The lowest BCUT2D eigenvalue weighted by molar-refractivity contribution is 0.197. The van der Waals surface area contributed by atoms with E-state index in [0.29, 0.717) is 6.04 Å². The summed E-state index contributed by atoms with van der Waals surface area (Å²) in [4.78, 5) is 2.47. The lowest BCUT2D eigenvalue weighted by atomic mass is 9.99. The molecular weight excluding hydrogens is 239 g/mol. The predicted octanol–water partition coefficient (Wildman–Crippen LogP) is 3.35. The quantitative estimate of drug-likeness (QED) is 0.877. The maximum Gasteiger partial charge on any atom is 0.127 e. The van der Waals surface area contributed by atoms with Gasteiger partial charge in [-0.3, -0.25) is 0 Å². The topological polar surface area (TPSA) is 15.3 Å². The molecule has 0 saturated carbocycles. The number of hydrogen-bond donors (Lipinski definition) is 1. The summed E-state index contributed by atoms with van der Waals surface area (Å²) < 4.78 is 13.8. The number of rotatable bonds is 5. The lowest BCUT2D eigenvalue weighted by Crippen LogP contribution is -2.43. The zero-order chi connectivity index (χ0) is 13.7. The van der Waals surface area contributed by atoms with Crippen molar-refractivity contribution >= 4 is 0 Å². The molecule has 1 N–H and O–H groups in total. The Morgan fingerprint density at radius 3 is 2.53 bits per heavy atom. The maximum atomic E-state index is 13.8. The molecule has 1 saturated heterocycles. The minimum absolute atomic E-state index is 0.0900. The minimum atomic E-state index is -0.0900. The number of likely N-dealkylation sites (tertiary alicyclic amines) is 1. The van der Waals surface area contributed by atoms with E-state index in [-0.39, 0.29) is 11.9 Å². The highest BCUT2D eigenvalue weighted by atomic mass is 19.1. The zero-order valence-electron chi connectivity index (χ0n) is 12.0. The van der Waals surface area contributed by atoms with Gasteiger partial charge in [0.2, 0.25) is 0 Å². The van der Waals surface area contributed by atoms with Gasteiger partial charge in [0.25, 0.3) is 0 Å². The first-order chi connectivity index (χ1) is 9.24. The Bertz CT molecular complexity index is 386. The molecule has 2 rings (SSSR count). The van der Waals surface area contributed by atoms with Crippen LogP contribution in [-0.4, -0.2) is 30.6 Å². The van der Waals surface area contributed by atoms with Crippen LogP contribution < -0.4 is 5.32 Å². The molecule has 1 aliphatic rings. The van der Waals surface area contributed by atoms with Gasteiger partial charge in [-0.25, -0.2) is 4.39 Å². The fourth-order valence-electron chi connectivity index (χ4n) is 2.89. The van der Waals surface area contributed by atoms with Crippen LogP contribution in [0.1, 0.15) is 44.7 Å². The molecule has 0 spiro atoms. The number of piperidine rings is 1. The third-order valence-electron chi connectivity index (χ3n) is 4.16. The predicted molar refractivity (Wildman–Crippen MR) is 77.7 cm³/mol. The SMILES string of the molecule is CCC(NC1CCN(CC)CC1)c1ccccc1F. The van der Waals surface area contributed by atoms with Gasteiger partial charge in [0, 0.05) is 17.6 Å². The molecule has 3 heteroatoms. The Hall–Kier alpha value is -0.930. The van der Waals surface area contributed by atoms with Gasteiger partial charge in [-0.2, -0.15) is 0 Å². The monoisotopic (exact) mass is 264 g/mol. The van der Waals surface area contributed by atoms with Gasteiger partial charge in [-0.1, -0.05) is 32.0 Å². The maximum absolute atomic E-state index is 13.8. The van der Waals surface area contributed by atoms with Gasteiger partial charge in [0.15, 0.2) is 0 Å². The summed E-state index contributed by atoms with van der Waals surface area (Å²) in [6.45, 7) is 7.77. The highest BCUT2D eigenvalue weighted by Crippen LogP contribution is 2.22. The van der Waals surface area contributed by atoms with Crippen molar-refractivity contribution in [3.05, 3.63) is 35.6 Å². The van der Waals surface area contributed by atoms with Gasteiger partial charge in [0.1, 0.15) is 5.82 Å². The molecule has 0 radical (unpaired) electrons. The largest absolute Gasteiger partial charge is 0.307 e. The van der Waals surface area contributed by atoms with Crippen LogP contribution in [0.4, 0.5) is 4.39 Å². The van der Waals surface area contributed by atoms with Crippen LogP contribution >= 0.6 is 0 Å². The van der Waals surface area contributed by atoms with Crippen molar-refractivity contribution in [1.29, 1.82) is 0 Å². The molecule has 1 aromatic rings. The van der Waals surface area contributed by atoms with E-state index < -0.39 is 0 Å². The van der Waals surface area contributed by atoms with E-state index in [0.717, 1.165) is 31.6 Å². The summed E-state index contributed by atoms with van der Waals surface area (Å²) in [5.41, 5.74) is 0.808. The average Bonchev–Trinajstić information content (AvgIpc) is 2.46. The lowest BCUT2D eigenvalue weighted by Gasteiger charge is -2.34. The number of hydrogen-bond acceptors (Lipinski definition) is 2. The summed E-state index contributed by atoms with van der Waals surface area (Å²) in [5.74, 6) is -0.0900. The van der Waals surface area contributed by atoms with Crippen molar-refractivity contribution in [1.82, 2.24) is 10.2 Å². The van der Waals surface area contributed by atoms with E-state index in [2.05, 4.69) is 24.1 Å². The molecule has 0 aliphatic carbocycles. The molecule has 1 heterocycles. The highest BCUT2D eigenvalue weighted by Gasteiger charge is 2.22. The molecule has 0 aromatic heterocycles. The van der Waals surface area contributed by atoms with Crippen LogP contribution in [0.5, 0.6) is 0 Å². The molecule has 0 bridgehead atoms. The van der Waals surface area contributed by atoms with Crippen LogP contribution in [0.15, 0.2) is 24.3 Å². The third-order valence-corrected chi connectivity index (χ3v) is 4.16. The second-order valence-corrected chi connectivity index (χ2v) is 5.36. The number of halogens is 1. The molecule has 1 fully saturated rings. The second-order valence-electron chi connectivity index (χ2n) is 5.36. The van der Waals surface area contributed by atoms with E-state index in [1.54, 1.807) is 12.1 Å². The van der Waals surface area contributed by atoms with Gasteiger partial charge in [-0.05, 0) is 45.0 Å². The van der Waals surface area contributed by atoms with E-state index in [4.69, 9.17) is 0 Å². The molecule has 106 valence electrons. The van der Waals surface area contributed by atoms with E-state index in [9.17, 15) is 4.39 Å². The van der Waals surface area contributed by atoms with Crippen molar-refractivity contribution in [2.24, 2.45) is 0 Å². The summed E-state index contributed by atoms with van der Waals surface area (Å²) >= 11 is 0. The Balaban J connectivity index is 1.95. The Morgan fingerprint density at radius 1 is 1.26 bits per heavy atom. The van der Waals surface area contributed by atoms with Gasteiger partial charge in [0.05, 0.1) is 0 Å². The molecular formula is C16H25FN2. The average molecular weight is 264 g/mol. The van der Waals surface area contributed by atoms with Crippen molar-refractivity contribution in [3.63, 3.8) is 0 Å². The number of benzene rings is 1. The molecule has 1 atom stereocenters. The number of nitrogens with one attached hydrogen (secondary N) is 1. The third kappa shape index (κ3) is 3.77. The summed E-state index contributed by atoms with van der Waals surface area (Å²) in [5, 5.41) is 3.64. The number of nitrogens with zero attached hydrogens (tertiary/aromatic N) is 1. The first-order valence-electron chi connectivity index (χ1n) is 7.47. The Kier molecular flexibility index (Phi) is 5.34. The molecule has 1 aliphatic heterocycles. The van der Waals surface area contributed by atoms with Crippen molar-refractivity contribution < 1.29 is 4.39 Å². The minimum Gasteiger partial charge on any atom is -0.307 e. The first kappa shape index (κ1) is 14.5. The molecule has 19 heavy (non-hydrogen) atoms. The summed E-state index contributed by atoms with van der Waals surface area (Å²) in [7, 11) is 0. The van der Waals surface area contributed by atoms with Crippen molar-refractivity contribution in [3.8, 4) is 0 Å². The van der Waals surface area contributed by atoms with E-state index in [1.165, 1.54) is 12.8 Å². The van der Waals surface area contributed by atoms with Crippen LogP contribution in [0.3, 0.4) is 0 Å². The van der Waals surface area contributed by atoms with Crippen LogP contribution in [0.2, 0.25) is 0 Å². The van der Waals surface area contributed by atoms with Gasteiger partial charge < -0.3 is 10.2 Å². The Morgan fingerprint density at radius 2 is 1.95 bits per heavy atom. The van der Waals surface area contributed by atoms with Crippen molar-refractivity contribution in [2.75, 3.05) is 19.6 Å². The van der Waals surface area contributed by atoms with Crippen LogP contribution in [0.25, 0.3) is 0 Å². The smallest absolute Gasteiger partial charge is 0.127 e. The van der Waals surface area contributed by atoms with Crippen molar-refractivity contribution in [2.45, 2.75) is 45.2 Å². The first-order valence-corrected chi connectivity index (χ1v) is 7.47. The Labute approximate surface area is 116 Å². The fourth-order valence-corrected chi connectivity index (χ4v) is 2.89. The standard InChI is InChI=1S/C16H25FN2/c1-3-16(14-7-5-6-8-15(14)17)18-13-9-11-19(4-2)12-10-13/h5-8,13,16,18H,3-4,9-12H2,1-2H3. The van der Waals surface area contributed by atoms with E-state index in [1.807, 2.05) is 12.1 Å². The van der Waals surface area contributed by atoms with E-state index >= 15 is 0 Å². The second kappa shape index (κ2) is 7.01. The fraction of sp³-hybridized carbons (Fsp3) is 0.625. The molecule has 0 amide bonds. The van der Waals surface area contributed by atoms with Crippen LogP contribution in [0, 0.1) is 5.82 Å². The highest BCUT2D eigenvalue weighted by molar-refractivity contribution is 5.21. The summed E-state index contributed by atoms with van der Waals surface area (Å²) in [6.07, 6.45) is 3.26. The van der Waals surface area contributed by atoms with Crippen LogP contribution in [-0.2, 0) is 0 Å². The molecule has 1 aromatic carbocycles. The molecule has 1 unspecified atom stereocenters. The molecule has 2 nitrogen and oxygen atoms in total. The summed E-state index contributed by atoms with van der Waals surface area (Å²) in [6, 6.07) is 7.79. The zero-order valence-corrected chi connectivity index (χ0v) is 12.0.